The van der Waals surface area contributed by atoms with E-state index in [-0.39, 0.29) is 11.9 Å². The van der Waals surface area contributed by atoms with E-state index in [0.29, 0.717) is 11.7 Å². The third-order valence-corrected chi connectivity index (χ3v) is 4.36. The number of nitrogens with zero attached hydrogens (tertiary/aromatic N) is 2. The van der Waals surface area contributed by atoms with Crippen LogP contribution in [0, 0.1) is 13.8 Å². The predicted molar refractivity (Wildman–Crippen MR) is 99.2 cm³/mol. The van der Waals surface area contributed by atoms with Gasteiger partial charge in [0.2, 0.25) is 5.91 Å². The average molecular weight is 346 g/mol. The Bertz CT molecular complexity index is 732. The molecule has 0 spiro atoms. The highest BCUT2D eigenvalue weighted by Gasteiger charge is 2.12. The number of benzene rings is 1. The lowest BCUT2D eigenvalue weighted by Crippen LogP contribution is -2.30. The molecule has 1 heterocycles. The Kier molecular flexibility index (Phi) is 6.21. The van der Waals surface area contributed by atoms with E-state index in [2.05, 4.69) is 41.6 Å². The van der Waals surface area contributed by atoms with Crippen LogP contribution in [0.25, 0.3) is 6.08 Å². The summed E-state index contributed by atoms with van der Waals surface area (Å²) >= 11 is 6.44. The molecule has 2 aromatic rings. The van der Waals surface area contributed by atoms with Crippen LogP contribution >= 0.6 is 11.6 Å². The first-order valence-electron chi connectivity index (χ1n) is 8.17. The van der Waals surface area contributed by atoms with Crippen molar-refractivity contribution in [1.82, 2.24) is 15.1 Å². The first-order valence-corrected chi connectivity index (χ1v) is 8.55. The molecule has 0 saturated heterocycles. The summed E-state index contributed by atoms with van der Waals surface area (Å²) in [5, 5.41) is 7.92. The van der Waals surface area contributed by atoms with Gasteiger partial charge >= 0.3 is 0 Å². The van der Waals surface area contributed by atoms with Crippen molar-refractivity contribution in [1.29, 1.82) is 0 Å². The minimum Gasteiger partial charge on any atom is -0.350 e. The number of rotatable bonds is 6. The highest BCUT2D eigenvalue weighted by atomic mass is 35.5. The molecular formula is C19H24ClN3O. The summed E-state index contributed by atoms with van der Waals surface area (Å²) in [6, 6.07) is 8.43. The van der Waals surface area contributed by atoms with Gasteiger partial charge in [0, 0.05) is 17.7 Å². The van der Waals surface area contributed by atoms with Gasteiger partial charge in [-0.15, -0.1) is 0 Å². The summed E-state index contributed by atoms with van der Waals surface area (Å²) in [4.78, 5) is 11.9. The van der Waals surface area contributed by atoms with Gasteiger partial charge < -0.3 is 5.32 Å². The topological polar surface area (TPSA) is 46.9 Å². The van der Waals surface area contributed by atoms with Crippen molar-refractivity contribution in [2.75, 3.05) is 0 Å². The summed E-state index contributed by atoms with van der Waals surface area (Å²) < 4.78 is 1.76. The van der Waals surface area contributed by atoms with E-state index in [1.54, 1.807) is 10.8 Å². The lowest BCUT2D eigenvalue weighted by molar-refractivity contribution is -0.117. The number of aryl methyl sites for hydroxylation is 2. The van der Waals surface area contributed by atoms with Crippen LogP contribution in [-0.4, -0.2) is 21.7 Å². The number of amides is 1. The summed E-state index contributed by atoms with van der Waals surface area (Å²) in [6.45, 7) is 8.56. The molecule has 24 heavy (non-hydrogen) atoms. The van der Waals surface area contributed by atoms with E-state index in [1.807, 2.05) is 20.8 Å². The fraction of sp³-hybridized carbons (Fsp3) is 0.368. The Hall–Kier alpha value is -2.07. The highest BCUT2D eigenvalue weighted by Crippen LogP contribution is 2.22. The van der Waals surface area contributed by atoms with E-state index in [9.17, 15) is 4.79 Å². The van der Waals surface area contributed by atoms with E-state index >= 15 is 0 Å². The van der Waals surface area contributed by atoms with Crippen LogP contribution in [0.3, 0.4) is 0 Å². The second kappa shape index (κ2) is 8.15. The molecule has 1 aromatic carbocycles. The molecule has 0 aliphatic rings. The molecule has 0 fully saturated rings. The molecule has 128 valence electrons. The van der Waals surface area contributed by atoms with Crippen LogP contribution in [0.15, 0.2) is 30.3 Å². The zero-order chi connectivity index (χ0) is 17.7. The first-order chi connectivity index (χ1) is 11.4. The van der Waals surface area contributed by atoms with Crippen molar-refractivity contribution in [3.05, 3.63) is 57.9 Å². The van der Waals surface area contributed by atoms with Gasteiger partial charge in [0.05, 0.1) is 12.2 Å². The lowest BCUT2D eigenvalue weighted by atomic mass is 10.1. The molecule has 1 unspecified atom stereocenters. The Morgan fingerprint density at radius 1 is 1.33 bits per heavy atom. The van der Waals surface area contributed by atoms with Crippen LogP contribution in [-0.2, 0) is 11.3 Å². The van der Waals surface area contributed by atoms with Crippen molar-refractivity contribution in [3.63, 3.8) is 0 Å². The van der Waals surface area contributed by atoms with Crippen molar-refractivity contribution >= 4 is 23.6 Å². The molecule has 0 bridgehead atoms. The molecule has 0 aliphatic carbocycles. The van der Waals surface area contributed by atoms with Crippen molar-refractivity contribution in [2.24, 2.45) is 0 Å². The van der Waals surface area contributed by atoms with Gasteiger partial charge in [-0.3, -0.25) is 4.79 Å². The number of hydrogen-bond acceptors (Lipinski definition) is 2. The number of aromatic nitrogens is 2. The summed E-state index contributed by atoms with van der Waals surface area (Å²) in [6.07, 6.45) is 4.14. The standard InChI is InChI=1S/C19H24ClN3O/c1-5-14(3)21-18(24)11-10-17-15(4)22-23(19(17)20)12-16-8-6-13(2)7-9-16/h6-11,14H,5,12H2,1-4H3,(H,21,24)/b11-10+. The maximum Gasteiger partial charge on any atom is 0.244 e. The predicted octanol–water partition coefficient (Wildman–Crippen LogP) is 4.13. The molecule has 0 aliphatic heterocycles. The number of carbonyl (C=O) groups excluding carboxylic acids is 1. The van der Waals surface area contributed by atoms with Crippen molar-refractivity contribution < 1.29 is 4.79 Å². The van der Waals surface area contributed by atoms with E-state index in [1.165, 1.54) is 11.6 Å². The molecule has 0 radical (unpaired) electrons. The second-order valence-corrected chi connectivity index (χ2v) is 6.44. The molecule has 1 amide bonds. The van der Waals surface area contributed by atoms with E-state index in [4.69, 9.17) is 11.6 Å². The number of nitrogens with one attached hydrogen (secondary N) is 1. The van der Waals surface area contributed by atoms with E-state index in [0.717, 1.165) is 23.2 Å². The number of hydrogen-bond donors (Lipinski definition) is 1. The summed E-state index contributed by atoms with van der Waals surface area (Å²) in [5.74, 6) is -0.119. The second-order valence-electron chi connectivity index (χ2n) is 6.08. The van der Waals surface area contributed by atoms with Gasteiger partial charge in [-0.25, -0.2) is 4.68 Å². The first kappa shape index (κ1) is 18.3. The minimum absolute atomic E-state index is 0.119. The largest absolute Gasteiger partial charge is 0.350 e. The molecular weight excluding hydrogens is 322 g/mol. The Balaban J connectivity index is 2.13. The van der Waals surface area contributed by atoms with Crippen molar-refractivity contribution in [2.45, 2.75) is 46.7 Å². The average Bonchev–Trinajstić information content (AvgIpc) is 2.81. The van der Waals surface area contributed by atoms with Crippen LogP contribution in [0.1, 0.15) is 42.7 Å². The third kappa shape index (κ3) is 4.71. The Labute approximate surface area is 148 Å². The lowest BCUT2D eigenvalue weighted by Gasteiger charge is -2.08. The fourth-order valence-electron chi connectivity index (χ4n) is 2.28. The van der Waals surface area contributed by atoms with Gasteiger partial charge in [0.25, 0.3) is 0 Å². The molecule has 2 rings (SSSR count). The zero-order valence-electron chi connectivity index (χ0n) is 14.6. The zero-order valence-corrected chi connectivity index (χ0v) is 15.4. The van der Waals surface area contributed by atoms with Gasteiger partial charge in [-0.2, -0.15) is 5.10 Å². The van der Waals surface area contributed by atoms with Gasteiger partial charge in [0.15, 0.2) is 0 Å². The smallest absolute Gasteiger partial charge is 0.244 e. The molecule has 1 N–H and O–H groups in total. The maximum atomic E-state index is 11.9. The van der Waals surface area contributed by atoms with Crippen LogP contribution < -0.4 is 5.32 Å². The molecule has 1 aromatic heterocycles. The number of halogens is 1. The molecule has 1 atom stereocenters. The van der Waals surface area contributed by atoms with Crippen LogP contribution in [0.2, 0.25) is 5.15 Å². The van der Waals surface area contributed by atoms with Gasteiger partial charge in [-0.05, 0) is 38.8 Å². The maximum absolute atomic E-state index is 11.9. The summed E-state index contributed by atoms with van der Waals surface area (Å²) in [5.41, 5.74) is 3.94. The molecule has 5 heteroatoms. The number of carbonyl (C=O) groups is 1. The highest BCUT2D eigenvalue weighted by molar-refractivity contribution is 6.31. The Morgan fingerprint density at radius 3 is 2.62 bits per heavy atom. The third-order valence-electron chi connectivity index (χ3n) is 3.96. The quantitative estimate of drug-likeness (QED) is 0.800. The normalized spacial score (nSPS) is 12.5. The van der Waals surface area contributed by atoms with Crippen LogP contribution in [0.4, 0.5) is 0 Å². The molecule has 0 saturated carbocycles. The van der Waals surface area contributed by atoms with E-state index < -0.39 is 0 Å². The Morgan fingerprint density at radius 2 is 2.00 bits per heavy atom. The fourth-order valence-corrected chi connectivity index (χ4v) is 2.58. The monoisotopic (exact) mass is 345 g/mol. The SMILES string of the molecule is CCC(C)NC(=O)/C=C/c1c(C)nn(Cc2ccc(C)cc2)c1Cl. The minimum atomic E-state index is -0.119. The van der Waals surface area contributed by atoms with Gasteiger partial charge in [0.1, 0.15) is 5.15 Å². The van der Waals surface area contributed by atoms with Crippen molar-refractivity contribution in [3.8, 4) is 0 Å². The summed E-state index contributed by atoms with van der Waals surface area (Å²) in [7, 11) is 0. The van der Waals surface area contributed by atoms with Crippen LogP contribution in [0.5, 0.6) is 0 Å². The van der Waals surface area contributed by atoms with Gasteiger partial charge in [-0.1, -0.05) is 48.4 Å². The molecule has 4 nitrogen and oxygen atoms in total.